The molecule has 0 saturated heterocycles. The zero-order valence-corrected chi connectivity index (χ0v) is 4.50. The lowest BCUT2D eigenvalue weighted by Gasteiger charge is -2.04. The molecule has 0 aliphatic rings. The lowest BCUT2D eigenvalue weighted by molar-refractivity contribution is -0.139. The molecule has 0 fully saturated rings. The molecule has 6 nitrogen and oxygen atoms in total. The Balaban J connectivity index is 3.63. The van der Waals surface area contributed by atoms with Gasteiger partial charge >= 0.3 is 12.0 Å². The van der Waals surface area contributed by atoms with Crippen LogP contribution in [0.5, 0.6) is 0 Å². The first-order chi connectivity index (χ1) is 4.04. The van der Waals surface area contributed by atoms with E-state index in [0.717, 1.165) is 0 Å². The van der Waals surface area contributed by atoms with Gasteiger partial charge in [-0.15, -0.1) is 0 Å². The monoisotopic (exact) mass is 133 g/mol. The van der Waals surface area contributed by atoms with Gasteiger partial charge in [-0.1, -0.05) is 0 Å². The number of rotatable bonds is 2. The first-order valence-electron chi connectivity index (χ1n) is 2.08. The Kier molecular flexibility index (Phi) is 2.46. The Morgan fingerprint density at radius 1 is 1.56 bits per heavy atom. The second kappa shape index (κ2) is 2.88. The smallest absolute Gasteiger partial charge is 0.341 e. The number of primary amides is 1. The summed E-state index contributed by atoms with van der Waals surface area (Å²) in [7, 11) is 0. The Bertz CT molecular complexity index is 134. The summed E-state index contributed by atoms with van der Waals surface area (Å²) in [6, 6.07) is -0.954. The van der Waals surface area contributed by atoms with Crippen molar-refractivity contribution in [3.8, 4) is 0 Å². The van der Waals surface area contributed by atoms with E-state index in [1.54, 1.807) is 5.32 Å². The van der Waals surface area contributed by atoms with Crippen molar-refractivity contribution < 1.29 is 14.7 Å². The number of nitrogens with two attached hydrogens (primary N) is 2. The first kappa shape index (κ1) is 7.70. The third kappa shape index (κ3) is 3.30. The first-order valence-corrected chi connectivity index (χ1v) is 2.08. The molecular weight excluding hydrogens is 126 g/mol. The molecule has 9 heavy (non-hydrogen) atoms. The highest BCUT2D eigenvalue weighted by Crippen LogP contribution is 1.68. The summed E-state index contributed by atoms with van der Waals surface area (Å²) in [5.41, 5.74) is 9.34. The van der Waals surface area contributed by atoms with Crippen molar-refractivity contribution in [2.45, 2.75) is 6.17 Å². The number of carbonyl (C=O) groups is 2. The van der Waals surface area contributed by atoms with Gasteiger partial charge in [-0.25, -0.2) is 9.59 Å². The van der Waals surface area contributed by atoms with E-state index in [2.05, 4.69) is 5.73 Å². The number of carboxylic acid groups (broad SMARTS) is 1. The maximum atomic E-state index is 9.88. The molecule has 0 unspecified atom stereocenters. The molecule has 0 rings (SSSR count). The van der Waals surface area contributed by atoms with Crippen LogP contribution < -0.4 is 16.8 Å². The molecule has 0 bridgehead atoms. The molecular formula is C3H7N3O3. The quantitative estimate of drug-likeness (QED) is 0.326. The summed E-state index contributed by atoms with van der Waals surface area (Å²) in [5, 5.41) is 9.79. The molecule has 2 amide bonds. The molecule has 0 aromatic rings. The number of hydrogen-bond donors (Lipinski definition) is 4. The topological polar surface area (TPSA) is 118 Å². The molecule has 0 aromatic carbocycles. The van der Waals surface area contributed by atoms with Gasteiger partial charge in [-0.3, -0.25) is 0 Å². The van der Waals surface area contributed by atoms with Gasteiger partial charge in [0.15, 0.2) is 6.17 Å². The number of amides is 2. The summed E-state index contributed by atoms with van der Waals surface area (Å²) in [5.74, 6) is -1.33. The largest absolute Gasteiger partial charge is 0.479 e. The average Bonchev–Trinajstić information content (AvgIpc) is 1.63. The van der Waals surface area contributed by atoms with Crippen LogP contribution in [0.3, 0.4) is 0 Å². The number of hydrogen-bond acceptors (Lipinski definition) is 3. The highest BCUT2D eigenvalue weighted by molar-refractivity contribution is 5.80. The van der Waals surface area contributed by atoms with Gasteiger partial charge in [0.1, 0.15) is 0 Å². The van der Waals surface area contributed by atoms with Crippen LogP contribution in [-0.4, -0.2) is 23.3 Å². The van der Waals surface area contributed by atoms with E-state index in [1.807, 2.05) is 0 Å². The van der Waals surface area contributed by atoms with Crippen molar-refractivity contribution in [1.29, 1.82) is 0 Å². The maximum Gasteiger partial charge on any atom is 0.341 e. The van der Waals surface area contributed by atoms with Gasteiger partial charge in [0, 0.05) is 0 Å². The van der Waals surface area contributed by atoms with E-state index < -0.39 is 18.2 Å². The minimum absolute atomic E-state index is 0.954. The van der Waals surface area contributed by atoms with E-state index >= 15 is 0 Å². The second-order valence-electron chi connectivity index (χ2n) is 1.32. The fraction of sp³-hybridized carbons (Fsp3) is 0.333. The fourth-order valence-corrected chi connectivity index (χ4v) is 0.215. The van der Waals surface area contributed by atoms with Crippen molar-refractivity contribution in [2.24, 2.45) is 11.5 Å². The fourth-order valence-electron chi connectivity index (χ4n) is 0.215. The molecule has 0 heterocycles. The molecule has 0 aliphatic carbocycles. The SMILES string of the molecule is NC(=O)N[C@H](N)C(=O)O. The van der Waals surface area contributed by atoms with Crippen molar-refractivity contribution >= 4 is 12.0 Å². The molecule has 0 aliphatic heterocycles. The van der Waals surface area contributed by atoms with Gasteiger partial charge < -0.3 is 21.9 Å². The lowest BCUT2D eigenvalue weighted by atomic mass is 10.5. The number of carbonyl (C=O) groups excluding carboxylic acids is 1. The number of urea groups is 1. The van der Waals surface area contributed by atoms with Gasteiger partial charge in [0.05, 0.1) is 0 Å². The average molecular weight is 133 g/mol. The Labute approximate surface area is 50.8 Å². The van der Waals surface area contributed by atoms with Crippen LogP contribution in [0.25, 0.3) is 0 Å². The Hall–Kier alpha value is -1.30. The van der Waals surface area contributed by atoms with Crippen molar-refractivity contribution in [1.82, 2.24) is 5.32 Å². The number of carboxylic acids is 1. The van der Waals surface area contributed by atoms with Crippen LogP contribution in [0.1, 0.15) is 0 Å². The van der Waals surface area contributed by atoms with Crippen LogP contribution in [0.15, 0.2) is 0 Å². The molecule has 0 spiro atoms. The summed E-state index contributed by atoms with van der Waals surface area (Å²) in [4.78, 5) is 19.7. The van der Waals surface area contributed by atoms with E-state index in [-0.39, 0.29) is 0 Å². The highest BCUT2D eigenvalue weighted by atomic mass is 16.4. The van der Waals surface area contributed by atoms with Crippen LogP contribution in [0.2, 0.25) is 0 Å². The second-order valence-corrected chi connectivity index (χ2v) is 1.32. The summed E-state index contributed by atoms with van der Waals surface area (Å²) in [6.07, 6.45) is -1.41. The van der Waals surface area contributed by atoms with E-state index in [9.17, 15) is 9.59 Å². The van der Waals surface area contributed by atoms with E-state index in [0.29, 0.717) is 0 Å². The third-order valence-electron chi connectivity index (χ3n) is 0.564. The molecule has 0 radical (unpaired) electrons. The Morgan fingerprint density at radius 3 is 2.11 bits per heavy atom. The van der Waals surface area contributed by atoms with Crippen LogP contribution in [0.4, 0.5) is 4.79 Å². The van der Waals surface area contributed by atoms with Crippen molar-refractivity contribution in [3.63, 3.8) is 0 Å². The number of aliphatic carboxylic acids is 1. The molecule has 0 saturated carbocycles. The zero-order chi connectivity index (χ0) is 7.44. The minimum Gasteiger partial charge on any atom is -0.479 e. The normalized spacial score (nSPS) is 12.1. The standard InChI is InChI=1S/C3H7N3O3/c4-1(2(7)8)6-3(5)9/h1H,4H2,(H,7,8)(H3,5,6,9)/t1-/m0/s1. The molecule has 6 N–H and O–H groups in total. The molecule has 1 atom stereocenters. The summed E-state index contributed by atoms with van der Waals surface area (Å²) < 4.78 is 0. The van der Waals surface area contributed by atoms with E-state index in [1.165, 1.54) is 0 Å². The zero-order valence-electron chi connectivity index (χ0n) is 4.50. The summed E-state index contributed by atoms with van der Waals surface area (Å²) >= 11 is 0. The minimum atomic E-state index is -1.41. The van der Waals surface area contributed by atoms with Crippen LogP contribution in [-0.2, 0) is 4.79 Å². The van der Waals surface area contributed by atoms with Crippen LogP contribution >= 0.6 is 0 Å². The third-order valence-corrected chi connectivity index (χ3v) is 0.564. The predicted octanol–water partition coefficient (Wildman–Crippen LogP) is -1.98. The molecule has 52 valence electrons. The number of nitrogens with one attached hydrogen (secondary N) is 1. The highest BCUT2D eigenvalue weighted by Gasteiger charge is 2.10. The van der Waals surface area contributed by atoms with E-state index in [4.69, 9.17) is 10.8 Å². The van der Waals surface area contributed by atoms with Gasteiger partial charge in [-0.05, 0) is 0 Å². The maximum absolute atomic E-state index is 9.88. The molecule has 0 aromatic heterocycles. The Morgan fingerprint density at radius 2 is 2.00 bits per heavy atom. The van der Waals surface area contributed by atoms with Crippen LogP contribution in [0, 0.1) is 0 Å². The van der Waals surface area contributed by atoms with Gasteiger partial charge in [0.2, 0.25) is 0 Å². The molecule has 6 heteroatoms. The van der Waals surface area contributed by atoms with Gasteiger partial charge in [-0.2, -0.15) is 0 Å². The lowest BCUT2D eigenvalue weighted by Crippen LogP contribution is -2.49. The predicted molar refractivity (Wildman–Crippen MR) is 28.3 cm³/mol. The van der Waals surface area contributed by atoms with Crippen molar-refractivity contribution in [2.75, 3.05) is 0 Å². The summed E-state index contributed by atoms with van der Waals surface area (Å²) in [6.45, 7) is 0. The van der Waals surface area contributed by atoms with Gasteiger partial charge in [0.25, 0.3) is 0 Å². The van der Waals surface area contributed by atoms with Crippen molar-refractivity contribution in [3.05, 3.63) is 0 Å².